The first kappa shape index (κ1) is 11.0. The molecule has 0 amide bonds. The maximum absolute atomic E-state index is 10.1. The molecule has 0 unspecified atom stereocenters. The quantitative estimate of drug-likeness (QED) is 0.553. The van der Waals surface area contributed by atoms with Crippen molar-refractivity contribution in [3.8, 4) is 17.0 Å². The fourth-order valence-corrected chi connectivity index (χ4v) is 2.40. The molecule has 0 aliphatic heterocycles. The van der Waals surface area contributed by atoms with Crippen LogP contribution in [-0.4, -0.2) is 29.7 Å². The predicted molar refractivity (Wildman–Crippen MR) is 74.5 cm³/mol. The summed E-state index contributed by atoms with van der Waals surface area (Å²) in [5.41, 5.74) is 4.88. The number of nitrogens with one attached hydrogen (secondary N) is 1. The van der Waals surface area contributed by atoms with Crippen LogP contribution < -0.4 is 0 Å². The van der Waals surface area contributed by atoms with Crippen molar-refractivity contribution in [1.29, 1.82) is 0 Å². The number of nitrogens with zero attached hydrogens (tertiary/aromatic N) is 4. The van der Waals surface area contributed by atoms with Crippen LogP contribution in [0.3, 0.4) is 0 Å². The predicted octanol–water partition coefficient (Wildman–Crippen LogP) is 2.29. The van der Waals surface area contributed by atoms with Crippen molar-refractivity contribution >= 4 is 16.7 Å². The van der Waals surface area contributed by atoms with E-state index in [0.29, 0.717) is 11.3 Å². The Morgan fingerprint density at radius 3 is 2.90 bits per heavy atom. The molecule has 6 heteroatoms. The van der Waals surface area contributed by atoms with Gasteiger partial charge in [0.2, 0.25) is 5.88 Å². The van der Waals surface area contributed by atoms with Crippen molar-refractivity contribution in [2.24, 2.45) is 0 Å². The van der Waals surface area contributed by atoms with Crippen molar-refractivity contribution in [1.82, 2.24) is 24.6 Å². The number of benzene rings is 1. The third-order valence-corrected chi connectivity index (χ3v) is 3.41. The fraction of sp³-hybridized carbons (Fsp3) is 0.0714. The third kappa shape index (κ3) is 1.41. The van der Waals surface area contributed by atoms with Crippen LogP contribution in [0, 0.1) is 6.92 Å². The van der Waals surface area contributed by atoms with Gasteiger partial charge in [-0.05, 0) is 24.6 Å². The van der Waals surface area contributed by atoms with Crippen molar-refractivity contribution < 1.29 is 5.11 Å². The number of rotatable bonds is 1. The van der Waals surface area contributed by atoms with Gasteiger partial charge in [0.05, 0.1) is 23.4 Å². The zero-order valence-electron chi connectivity index (χ0n) is 10.7. The van der Waals surface area contributed by atoms with Gasteiger partial charge in [-0.2, -0.15) is 5.10 Å². The first-order chi connectivity index (χ1) is 9.74. The van der Waals surface area contributed by atoms with Crippen LogP contribution in [0.15, 0.2) is 36.8 Å². The molecule has 0 saturated carbocycles. The zero-order valence-corrected chi connectivity index (χ0v) is 10.7. The summed E-state index contributed by atoms with van der Waals surface area (Å²) >= 11 is 0. The molecule has 98 valence electrons. The summed E-state index contributed by atoms with van der Waals surface area (Å²) in [7, 11) is 0. The Morgan fingerprint density at radius 1 is 1.20 bits per heavy atom. The summed E-state index contributed by atoms with van der Waals surface area (Å²) < 4.78 is 1.71. The lowest BCUT2D eigenvalue weighted by Crippen LogP contribution is -1.91. The second-order valence-corrected chi connectivity index (χ2v) is 4.66. The molecular weight excluding hydrogens is 254 g/mol. The van der Waals surface area contributed by atoms with Gasteiger partial charge in [0.1, 0.15) is 5.69 Å². The summed E-state index contributed by atoms with van der Waals surface area (Å²) in [6, 6.07) is 5.87. The van der Waals surface area contributed by atoms with E-state index in [1.807, 2.05) is 24.4 Å². The van der Waals surface area contributed by atoms with E-state index in [-0.39, 0.29) is 5.88 Å². The molecule has 0 aliphatic rings. The highest BCUT2D eigenvalue weighted by atomic mass is 16.3. The Morgan fingerprint density at radius 2 is 2.10 bits per heavy atom. The van der Waals surface area contributed by atoms with Crippen LogP contribution in [0.4, 0.5) is 0 Å². The number of H-pyrrole nitrogens is 1. The van der Waals surface area contributed by atoms with Crippen molar-refractivity contribution in [2.75, 3.05) is 0 Å². The molecule has 0 fully saturated rings. The largest absolute Gasteiger partial charge is 0.493 e. The average Bonchev–Trinajstić information content (AvgIpc) is 3.08. The van der Waals surface area contributed by atoms with Crippen molar-refractivity contribution in [2.45, 2.75) is 6.92 Å². The third-order valence-electron chi connectivity index (χ3n) is 3.41. The smallest absolute Gasteiger partial charge is 0.219 e. The molecule has 4 aromatic rings. The molecule has 6 nitrogen and oxygen atoms in total. The monoisotopic (exact) mass is 265 g/mol. The van der Waals surface area contributed by atoms with E-state index in [2.05, 4.69) is 20.2 Å². The van der Waals surface area contributed by atoms with Crippen LogP contribution in [0.1, 0.15) is 5.69 Å². The second kappa shape index (κ2) is 3.80. The van der Waals surface area contributed by atoms with Gasteiger partial charge >= 0.3 is 0 Å². The average molecular weight is 265 g/mol. The van der Waals surface area contributed by atoms with Crippen molar-refractivity contribution in [3.63, 3.8) is 0 Å². The lowest BCUT2D eigenvalue weighted by molar-refractivity contribution is 0.446. The van der Waals surface area contributed by atoms with Gasteiger partial charge in [0.25, 0.3) is 0 Å². The van der Waals surface area contributed by atoms with Gasteiger partial charge in [0, 0.05) is 11.8 Å². The maximum Gasteiger partial charge on any atom is 0.219 e. The van der Waals surface area contributed by atoms with E-state index in [4.69, 9.17) is 0 Å². The van der Waals surface area contributed by atoms with Gasteiger partial charge in [-0.1, -0.05) is 6.07 Å². The Kier molecular flexibility index (Phi) is 2.09. The first-order valence-corrected chi connectivity index (χ1v) is 6.20. The lowest BCUT2D eigenvalue weighted by Gasteiger charge is -2.04. The summed E-state index contributed by atoms with van der Waals surface area (Å²) in [5, 5.41) is 16.8. The van der Waals surface area contributed by atoms with Crippen LogP contribution in [-0.2, 0) is 0 Å². The summed E-state index contributed by atoms with van der Waals surface area (Å²) in [6.45, 7) is 1.77. The molecule has 20 heavy (non-hydrogen) atoms. The number of fused-ring (bicyclic) bond motifs is 3. The van der Waals surface area contributed by atoms with Gasteiger partial charge in [-0.15, -0.1) is 0 Å². The number of hydrogen-bond acceptors (Lipinski definition) is 4. The minimum absolute atomic E-state index is 0.156. The van der Waals surface area contributed by atoms with E-state index < -0.39 is 0 Å². The van der Waals surface area contributed by atoms with Crippen LogP contribution >= 0.6 is 0 Å². The normalized spacial score (nSPS) is 11.4. The summed E-state index contributed by atoms with van der Waals surface area (Å²) in [6.07, 6.45) is 5.26. The van der Waals surface area contributed by atoms with Crippen molar-refractivity contribution in [3.05, 3.63) is 42.5 Å². The number of aromatic amines is 1. The molecular formula is C14H11N5O. The van der Waals surface area contributed by atoms with Gasteiger partial charge in [0.15, 0.2) is 5.65 Å². The van der Waals surface area contributed by atoms with Crippen LogP contribution in [0.2, 0.25) is 0 Å². The maximum atomic E-state index is 10.1. The molecule has 2 N–H and O–H groups in total. The fourth-order valence-electron chi connectivity index (χ4n) is 2.40. The molecule has 0 bridgehead atoms. The van der Waals surface area contributed by atoms with Crippen LogP contribution in [0.25, 0.3) is 27.8 Å². The Labute approximate surface area is 113 Å². The Bertz CT molecular complexity index is 924. The molecule has 1 aromatic carbocycles. The molecule has 0 aliphatic carbocycles. The highest BCUT2D eigenvalue weighted by Gasteiger charge is 2.11. The Hall–Kier alpha value is -2.89. The van der Waals surface area contributed by atoms with E-state index >= 15 is 0 Å². The minimum Gasteiger partial charge on any atom is -0.493 e. The highest BCUT2D eigenvalue weighted by Crippen LogP contribution is 2.26. The van der Waals surface area contributed by atoms with E-state index in [0.717, 1.165) is 22.2 Å². The first-order valence-electron chi connectivity index (χ1n) is 6.20. The molecule has 0 atom stereocenters. The molecule has 0 radical (unpaired) electrons. The molecule has 0 saturated heterocycles. The number of aromatic hydroxyl groups is 1. The van der Waals surface area contributed by atoms with Gasteiger partial charge in [-0.25, -0.2) is 4.98 Å². The molecule has 3 aromatic heterocycles. The molecule has 0 spiro atoms. The number of aromatic nitrogens is 5. The second-order valence-electron chi connectivity index (χ2n) is 4.66. The van der Waals surface area contributed by atoms with Crippen LogP contribution in [0.5, 0.6) is 5.88 Å². The highest BCUT2D eigenvalue weighted by molar-refractivity contribution is 5.83. The minimum atomic E-state index is 0.156. The molecule has 4 rings (SSSR count). The molecule has 3 heterocycles. The van der Waals surface area contributed by atoms with E-state index in [9.17, 15) is 5.11 Å². The number of imidazole rings is 1. The lowest BCUT2D eigenvalue weighted by atomic mass is 10.1. The number of hydrogen-bond donors (Lipinski definition) is 2. The van der Waals surface area contributed by atoms with E-state index in [1.54, 1.807) is 23.7 Å². The SMILES string of the molecule is Cc1nc2cnc3cc(-c4cn[nH]c4)ccc3n2c1O. The topological polar surface area (TPSA) is 79.1 Å². The van der Waals surface area contributed by atoms with Gasteiger partial charge in [-0.3, -0.25) is 14.5 Å². The standard InChI is InChI=1S/C14H11N5O/c1-8-14(20)19-12-3-2-9(10-5-16-17-6-10)4-11(12)15-7-13(19)18-8/h2-7,20H,1H3,(H,16,17). The number of aryl methyl sites for hydroxylation is 1. The van der Waals surface area contributed by atoms with E-state index in [1.165, 1.54) is 0 Å². The zero-order chi connectivity index (χ0) is 13.7. The van der Waals surface area contributed by atoms with Gasteiger partial charge < -0.3 is 5.11 Å². The summed E-state index contributed by atoms with van der Waals surface area (Å²) in [5.74, 6) is 0.156. The Balaban J connectivity index is 2.05. The summed E-state index contributed by atoms with van der Waals surface area (Å²) in [4.78, 5) is 8.68.